The van der Waals surface area contributed by atoms with Crippen LogP contribution in [-0.4, -0.2) is 61.3 Å². The van der Waals surface area contributed by atoms with E-state index in [1.54, 1.807) is 12.0 Å². The van der Waals surface area contributed by atoms with Gasteiger partial charge in [0.15, 0.2) is 5.82 Å². The number of benzene rings is 1. The molecule has 2 aromatic rings. The molecule has 2 aliphatic heterocycles. The number of aromatic nitrogens is 2. The summed E-state index contributed by atoms with van der Waals surface area (Å²) in [6, 6.07) is 7.63. The standard InChI is InChI=1S/C18H23N5O3.ClH/c1-22-8-7-19-10-14(22)17-20-18(26-21-17)12-9-16(24)23(11-12)13-5-3-4-6-15(13)25-2;/h3-6,12,14,19H,7-11H2,1-2H3;1H. The first-order valence-electron chi connectivity index (χ1n) is 8.85. The fraction of sp³-hybridized carbons (Fsp3) is 0.500. The van der Waals surface area contributed by atoms with E-state index in [9.17, 15) is 4.79 Å². The van der Waals surface area contributed by atoms with Gasteiger partial charge in [0, 0.05) is 32.6 Å². The lowest BCUT2D eigenvalue weighted by Gasteiger charge is -2.30. The van der Waals surface area contributed by atoms with Crippen molar-refractivity contribution in [2.24, 2.45) is 0 Å². The number of carbonyl (C=O) groups excluding carboxylic acids is 1. The number of methoxy groups -OCH3 is 1. The summed E-state index contributed by atoms with van der Waals surface area (Å²) in [4.78, 5) is 21.1. The normalized spacial score (nSPS) is 23.3. The molecule has 3 heterocycles. The number of rotatable bonds is 4. The third-order valence-corrected chi connectivity index (χ3v) is 5.12. The van der Waals surface area contributed by atoms with Crippen LogP contribution in [0.4, 0.5) is 5.69 Å². The molecule has 1 aromatic heterocycles. The van der Waals surface area contributed by atoms with Gasteiger partial charge in [-0.05, 0) is 19.2 Å². The molecule has 1 N–H and O–H groups in total. The molecule has 2 saturated heterocycles. The minimum Gasteiger partial charge on any atom is -0.495 e. The van der Waals surface area contributed by atoms with Crippen molar-refractivity contribution in [2.75, 3.05) is 45.2 Å². The minimum absolute atomic E-state index is 0. The predicted octanol–water partition coefficient (Wildman–Crippen LogP) is 1.60. The zero-order valence-electron chi connectivity index (χ0n) is 15.4. The van der Waals surface area contributed by atoms with Crippen LogP contribution in [0.1, 0.15) is 30.1 Å². The summed E-state index contributed by atoms with van der Waals surface area (Å²) in [5.41, 5.74) is 0.776. The molecule has 0 bridgehead atoms. The average molecular weight is 394 g/mol. The zero-order valence-corrected chi connectivity index (χ0v) is 16.2. The van der Waals surface area contributed by atoms with E-state index in [0.29, 0.717) is 30.4 Å². The summed E-state index contributed by atoms with van der Waals surface area (Å²) in [5, 5.41) is 7.52. The van der Waals surface area contributed by atoms with Crippen LogP contribution < -0.4 is 15.0 Å². The molecule has 2 unspecified atom stereocenters. The molecular weight excluding hydrogens is 370 g/mol. The maximum absolute atomic E-state index is 12.5. The Morgan fingerprint density at radius 3 is 2.93 bits per heavy atom. The number of halogens is 1. The number of nitrogens with zero attached hydrogens (tertiary/aromatic N) is 4. The second-order valence-corrected chi connectivity index (χ2v) is 6.77. The Morgan fingerprint density at radius 2 is 2.15 bits per heavy atom. The molecule has 9 heteroatoms. The number of hydrogen-bond donors (Lipinski definition) is 1. The predicted molar refractivity (Wildman–Crippen MR) is 102 cm³/mol. The van der Waals surface area contributed by atoms with Crippen LogP contribution in [0.25, 0.3) is 0 Å². The molecule has 146 valence electrons. The zero-order chi connectivity index (χ0) is 18.1. The summed E-state index contributed by atoms with van der Waals surface area (Å²) in [5.74, 6) is 1.83. The molecule has 1 amide bonds. The highest BCUT2D eigenvalue weighted by Gasteiger charge is 2.37. The fourth-order valence-corrected chi connectivity index (χ4v) is 3.60. The first-order valence-corrected chi connectivity index (χ1v) is 8.85. The highest BCUT2D eigenvalue weighted by molar-refractivity contribution is 5.97. The number of piperazine rings is 1. The van der Waals surface area contributed by atoms with Gasteiger partial charge in [-0.2, -0.15) is 4.98 Å². The van der Waals surface area contributed by atoms with Crippen molar-refractivity contribution >= 4 is 24.0 Å². The van der Waals surface area contributed by atoms with Crippen LogP contribution >= 0.6 is 12.4 Å². The monoisotopic (exact) mass is 393 g/mol. The van der Waals surface area contributed by atoms with Crippen molar-refractivity contribution in [3.8, 4) is 5.75 Å². The van der Waals surface area contributed by atoms with Crippen LogP contribution in [0, 0.1) is 0 Å². The lowest BCUT2D eigenvalue weighted by molar-refractivity contribution is -0.117. The number of para-hydroxylation sites is 2. The molecule has 0 spiro atoms. The van der Waals surface area contributed by atoms with Gasteiger partial charge in [0.25, 0.3) is 0 Å². The molecule has 2 aliphatic rings. The fourth-order valence-electron chi connectivity index (χ4n) is 3.60. The van der Waals surface area contributed by atoms with E-state index in [-0.39, 0.29) is 30.3 Å². The Hall–Kier alpha value is -2.16. The van der Waals surface area contributed by atoms with Crippen LogP contribution in [0.2, 0.25) is 0 Å². The van der Waals surface area contributed by atoms with Crippen LogP contribution in [-0.2, 0) is 4.79 Å². The van der Waals surface area contributed by atoms with Crippen molar-refractivity contribution in [2.45, 2.75) is 18.4 Å². The van der Waals surface area contributed by atoms with E-state index < -0.39 is 0 Å². The highest BCUT2D eigenvalue weighted by atomic mass is 35.5. The third kappa shape index (κ3) is 3.78. The Labute approximate surface area is 164 Å². The number of likely N-dealkylation sites (N-methyl/N-ethyl adjacent to an activating group) is 1. The first-order chi connectivity index (χ1) is 12.7. The van der Waals surface area contributed by atoms with Gasteiger partial charge in [-0.15, -0.1) is 12.4 Å². The molecule has 2 fully saturated rings. The molecule has 0 aliphatic carbocycles. The summed E-state index contributed by atoms with van der Waals surface area (Å²) in [6.45, 7) is 3.22. The Bertz CT molecular complexity index is 799. The van der Waals surface area contributed by atoms with Crippen LogP contribution in [0.15, 0.2) is 28.8 Å². The van der Waals surface area contributed by atoms with Crippen LogP contribution in [0.5, 0.6) is 5.75 Å². The van der Waals surface area contributed by atoms with E-state index in [1.807, 2.05) is 24.3 Å². The van der Waals surface area contributed by atoms with Gasteiger partial charge in [0.1, 0.15) is 5.75 Å². The van der Waals surface area contributed by atoms with Crippen molar-refractivity contribution in [3.63, 3.8) is 0 Å². The topological polar surface area (TPSA) is 83.7 Å². The molecule has 2 atom stereocenters. The summed E-state index contributed by atoms with van der Waals surface area (Å²) >= 11 is 0. The Morgan fingerprint density at radius 1 is 1.33 bits per heavy atom. The Balaban J connectivity index is 0.00000210. The number of amides is 1. The molecule has 0 saturated carbocycles. The quantitative estimate of drug-likeness (QED) is 0.844. The van der Waals surface area contributed by atoms with Gasteiger partial charge in [-0.25, -0.2) is 0 Å². The van der Waals surface area contributed by atoms with E-state index >= 15 is 0 Å². The Kier molecular flexibility index (Phi) is 5.98. The molecule has 1 aromatic carbocycles. The van der Waals surface area contributed by atoms with Crippen molar-refractivity contribution in [1.82, 2.24) is 20.4 Å². The van der Waals surface area contributed by atoms with E-state index in [2.05, 4.69) is 27.4 Å². The van der Waals surface area contributed by atoms with Gasteiger partial charge < -0.3 is 19.5 Å². The lowest BCUT2D eigenvalue weighted by Crippen LogP contribution is -2.44. The number of anilines is 1. The second-order valence-electron chi connectivity index (χ2n) is 6.77. The SMILES string of the molecule is COc1ccccc1N1CC(c2nc(C3CNCCN3C)no2)CC1=O.Cl. The minimum atomic E-state index is -0.101. The number of nitrogens with one attached hydrogen (secondary N) is 1. The van der Waals surface area contributed by atoms with Gasteiger partial charge in [-0.1, -0.05) is 17.3 Å². The summed E-state index contributed by atoms with van der Waals surface area (Å²) < 4.78 is 10.9. The molecule has 27 heavy (non-hydrogen) atoms. The largest absolute Gasteiger partial charge is 0.495 e. The van der Waals surface area contributed by atoms with Gasteiger partial charge in [0.05, 0.1) is 24.8 Å². The first kappa shape index (κ1) is 19.6. The molecule has 4 rings (SSSR count). The third-order valence-electron chi connectivity index (χ3n) is 5.12. The average Bonchev–Trinajstić information content (AvgIpc) is 3.29. The maximum Gasteiger partial charge on any atom is 0.232 e. The van der Waals surface area contributed by atoms with Crippen molar-refractivity contribution in [3.05, 3.63) is 36.0 Å². The number of ether oxygens (including phenoxy) is 1. The molecular formula is C18H24ClN5O3. The molecule has 8 nitrogen and oxygen atoms in total. The summed E-state index contributed by atoms with van der Waals surface area (Å²) in [7, 11) is 3.67. The van der Waals surface area contributed by atoms with Gasteiger partial charge >= 0.3 is 0 Å². The van der Waals surface area contributed by atoms with Gasteiger partial charge in [-0.3, -0.25) is 9.69 Å². The van der Waals surface area contributed by atoms with E-state index in [4.69, 9.17) is 9.26 Å². The maximum atomic E-state index is 12.5. The summed E-state index contributed by atoms with van der Waals surface area (Å²) in [6.07, 6.45) is 0.360. The highest BCUT2D eigenvalue weighted by Crippen LogP contribution is 2.36. The van der Waals surface area contributed by atoms with Crippen LogP contribution in [0.3, 0.4) is 0 Å². The lowest BCUT2D eigenvalue weighted by atomic mass is 10.1. The van der Waals surface area contributed by atoms with E-state index in [1.165, 1.54) is 0 Å². The van der Waals surface area contributed by atoms with Gasteiger partial charge in [0.2, 0.25) is 11.8 Å². The second kappa shape index (κ2) is 8.24. The van der Waals surface area contributed by atoms with Crippen molar-refractivity contribution in [1.29, 1.82) is 0 Å². The molecule has 0 radical (unpaired) electrons. The number of carbonyl (C=O) groups is 1. The smallest absolute Gasteiger partial charge is 0.232 e. The van der Waals surface area contributed by atoms with Crippen molar-refractivity contribution < 1.29 is 14.1 Å². The number of hydrogen-bond acceptors (Lipinski definition) is 7. The van der Waals surface area contributed by atoms with E-state index in [0.717, 1.165) is 25.3 Å².